The topological polar surface area (TPSA) is 92.0 Å². The Kier molecular flexibility index (Phi) is 23.3. The Morgan fingerprint density at radius 1 is 0.333 bits per heavy atom. The van der Waals surface area contributed by atoms with Crippen LogP contribution in [0.15, 0.2) is 79.6 Å². The molecular weight excluding hydrogens is 813 g/mol. The molecule has 7 nitrogen and oxygen atoms in total. The SMILES string of the molecule is Cc1cc(C(C)C)c(C)o1.Cc1cc(C(C)C)c(C)o1.Cc1cc(C)c(C)o1.Cc1cc(F)oc1C.Cc1oc(F)cc1C(C)C.Cc1oc(F)cc1F.Cc1occc1C(C)C. The van der Waals surface area contributed by atoms with Crippen LogP contribution in [0.2, 0.25) is 0 Å². The van der Waals surface area contributed by atoms with Gasteiger partial charge < -0.3 is 30.9 Å². The van der Waals surface area contributed by atoms with Crippen molar-refractivity contribution in [2.24, 2.45) is 0 Å². The van der Waals surface area contributed by atoms with E-state index in [0.717, 1.165) is 51.4 Å². The molecule has 0 N–H and O–H groups in total. The van der Waals surface area contributed by atoms with Gasteiger partial charge in [0.05, 0.1) is 12.3 Å². The summed E-state index contributed by atoms with van der Waals surface area (Å²) in [5, 5.41) is 0. The van der Waals surface area contributed by atoms with E-state index in [1.165, 1.54) is 41.3 Å². The molecule has 63 heavy (non-hydrogen) atoms. The highest BCUT2D eigenvalue weighted by molar-refractivity contribution is 5.24. The zero-order valence-electron chi connectivity index (χ0n) is 41.3. The fraction of sp³-hybridized carbons (Fsp3) is 0.462. The molecular formula is C52H72F4O7. The molecule has 7 aromatic rings. The molecule has 0 saturated carbocycles. The second kappa shape index (κ2) is 26.3. The maximum Gasteiger partial charge on any atom is 0.280 e. The van der Waals surface area contributed by atoms with Crippen molar-refractivity contribution < 1.29 is 48.5 Å². The highest BCUT2D eigenvalue weighted by Gasteiger charge is 2.10. The van der Waals surface area contributed by atoms with Gasteiger partial charge in [-0.3, -0.25) is 0 Å². The fourth-order valence-electron chi connectivity index (χ4n) is 6.18. The number of hydrogen-bond donors (Lipinski definition) is 0. The minimum atomic E-state index is -0.875. The van der Waals surface area contributed by atoms with E-state index in [2.05, 4.69) is 62.5 Å². The van der Waals surface area contributed by atoms with Crippen LogP contribution in [-0.2, 0) is 0 Å². The highest BCUT2D eigenvalue weighted by Crippen LogP contribution is 2.24. The molecule has 7 heterocycles. The monoisotopic (exact) mass is 885 g/mol. The molecule has 0 saturated heterocycles. The first-order valence-corrected chi connectivity index (χ1v) is 21.3. The summed E-state index contributed by atoms with van der Waals surface area (Å²) < 4.78 is 82.7. The van der Waals surface area contributed by atoms with Crippen LogP contribution in [0, 0.1) is 107 Å². The van der Waals surface area contributed by atoms with Crippen molar-refractivity contribution >= 4 is 0 Å². The van der Waals surface area contributed by atoms with Gasteiger partial charge in [0.25, 0.3) is 18.0 Å². The van der Waals surface area contributed by atoms with Gasteiger partial charge in [-0.15, -0.1) is 0 Å². The quantitative estimate of drug-likeness (QED) is 0.163. The molecule has 0 unspecified atom stereocenters. The summed E-state index contributed by atoms with van der Waals surface area (Å²) >= 11 is 0. The average Bonchev–Trinajstić information content (AvgIpc) is 4.04. The zero-order valence-corrected chi connectivity index (χ0v) is 41.3. The molecule has 0 atom stereocenters. The second-order valence-electron chi connectivity index (χ2n) is 16.7. The van der Waals surface area contributed by atoms with E-state index < -0.39 is 23.9 Å². The van der Waals surface area contributed by atoms with E-state index in [0.29, 0.717) is 41.3 Å². The predicted octanol–water partition coefficient (Wildman–Crippen LogP) is 17.7. The van der Waals surface area contributed by atoms with E-state index in [1.807, 2.05) is 88.3 Å². The van der Waals surface area contributed by atoms with Crippen LogP contribution in [-0.4, -0.2) is 0 Å². The molecule has 0 spiro atoms. The van der Waals surface area contributed by atoms with Gasteiger partial charge in [-0.2, -0.15) is 13.2 Å². The first kappa shape index (κ1) is 55.7. The van der Waals surface area contributed by atoms with Gasteiger partial charge in [-0.1, -0.05) is 55.4 Å². The third kappa shape index (κ3) is 19.7. The Balaban J connectivity index is 0.000000368. The van der Waals surface area contributed by atoms with Gasteiger partial charge in [0.15, 0.2) is 5.82 Å². The summed E-state index contributed by atoms with van der Waals surface area (Å²) in [5.74, 6) is 10.0. The van der Waals surface area contributed by atoms with E-state index in [9.17, 15) is 17.6 Å². The number of hydrogen-bond acceptors (Lipinski definition) is 7. The first-order chi connectivity index (χ1) is 29.1. The Labute approximate surface area is 373 Å². The van der Waals surface area contributed by atoms with Crippen LogP contribution in [0.4, 0.5) is 17.6 Å². The molecule has 11 heteroatoms. The number of rotatable bonds is 4. The summed E-state index contributed by atoms with van der Waals surface area (Å²) in [6.45, 7) is 39.7. The Bertz CT molecular complexity index is 2060. The molecule has 0 bridgehead atoms. The van der Waals surface area contributed by atoms with E-state index in [1.54, 1.807) is 20.1 Å². The molecule has 7 aromatic heterocycles. The van der Waals surface area contributed by atoms with Crippen molar-refractivity contribution in [1.29, 1.82) is 0 Å². The molecule has 350 valence electrons. The Morgan fingerprint density at radius 3 is 0.810 bits per heavy atom. The molecule has 0 amide bonds. The third-order valence-corrected chi connectivity index (χ3v) is 9.72. The Morgan fingerprint density at radius 2 is 0.667 bits per heavy atom. The zero-order chi connectivity index (χ0) is 48.5. The summed E-state index contributed by atoms with van der Waals surface area (Å²) in [6.07, 6.45) is 1.74. The van der Waals surface area contributed by atoms with Crippen molar-refractivity contribution in [2.75, 3.05) is 0 Å². The lowest BCUT2D eigenvalue weighted by Crippen LogP contribution is -1.84. The minimum absolute atomic E-state index is 0.0116. The predicted molar refractivity (Wildman–Crippen MR) is 244 cm³/mol. The first-order valence-electron chi connectivity index (χ1n) is 21.3. The van der Waals surface area contributed by atoms with Gasteiger partial charge in [-0.05, 0) is 164 Å². The fourth-order valence-corrected chi connectivity index (χ4v) is 6.18. The van der Waals surface area contributed by atoms with Crippen molar-refractivity contribution in [3.05, 3.63) is 164 Å². The molecule has 0 aliphatic carbocycles. The van der Waals surface area contributed by atoms with Gasteiger partial charge in [0, 0.05) is 12.1 Å². The van der Waals surface area contributed by atoms with E-state index in [4.69, 9.17) is 22.1 Å². The standard InChI is InChI=1S/2C9H14O.C8H11FO.C8H12O.C7H10O.C6H7FO.C5H4F2O/c2*1-6(2)9-5-7(3)10-8(9)4;1-5(2)7-4-8(9)10-6(7)3;1-6(2)8-4-5-9-7(8)3;1-5-4-6(2)8-7(5)3;1-4-3-6(7)8-5(4)2;1-3-4(6)2-5(7)8-3/h2*5-6H,1-4H3;4-5H,1-3H3;4-6H,1-3H3;4H,1-3H3;3H,1-2H3;2H,1H3. The smallest absolute Gasteiger partial charge is 0.280 e. The average molecular weight is 885 g/mol. The van der Waals surface area contributed by atoms with Crippen LogP contribution in [0.25, 0.3) is 0 Å². The normalized spacial score (nSPS) is 10.5. The third-order valence-electron chi connectivity index (χ3n) is 9.72. The van der Waals surface area contributed by atoms with Crippen molar-refractivity contribution in [1.82, 2.24) is 0 Å². The molecule has 7 rings (SSSR count). The van der Waals surface area contributed by atoms with Crippen LogP contribution < -0.4 is 0 Å². The number of aryl methyl sites for hydroxylation is 12. The van der Waals surface area contributed by atoms with Gasteiger partial charge >= 0.3 is 0 Å². The minimum Gasteiger partial charge on any atom is -0.469 e. The molecule has 0 fully saturated rings. The Hall–Kier alpha value is -5.32. The van der Waals surface area contributed by atoms with Crippen LogP contribution >= 0.6 is 0 Å². The summed E-state index contributed by atoms with van der Waals surface area (Å²) in [6, 6.07) is 9.95. The van der Waals surface area contributed by atoms with Crippen molar-refractivity contribution in [2.45, 2.75) is 162 Å². The van der Waals surface area contributed by atoms with Crippen LogP contribution in [0.1, 0.15) is 170 Å². The van der Waals surface area contributed by atoms with Gasteiger partial charge in [0.2, 0.25) is 0 Å². The van der Waals surface area contributed by atoms with Crippen LogP contribution in [0.3, 0.4) is 0 Å². The van der Waals surface area contributed by atoms with Crippen molar-refractivity contribution in [3.63, 3.8) is 0 Å². The van der Waals surface area contributed by atoms with E-state index in [-0.39, 0.29) is 5.76 Å². The lowest BCUT2D eigenvalue weighted by molar-refractivity contribution is 0.342. The molecule has 0 aliphatic rings. The largest absolute Gasteiger partial charge is 0.469 e. The lowest BCUT2D eigenvalue weighted by atomic mass is 10.0. The number of halogens is 4. The lowest BCUT2D eigenvalue weighted by Gasteiger charge is -1.99. The van der Waals surface area contributed by atoms with Gasteiger partial charge in [-0.25, -0.2) is 4.39 Å². The summed E-state index contributed by atoms with van der Waals surface area (Å²) in [7, 11) is 0. The van der Waals surface area contributed by atoms with Gasteiger partial charge in [0.1, 0.15) is 57.6 Å². The highest BCUT2D eigenvalue weighted by atomic mass is 19.1. The van der Waals surface area contributed by atoms with Crippen molar-refractivity contribution in [3.8, 4) is 0 Å². The van der Waals surface area contributed by atoms with E-state index >= 15 is 0 Å². The van der Waals surface area contributed by atoms with Crippen LogP contribution in [0.5, 0.6) is 0 Å². The molecule has 0 aliphatic heterocycles. The molecule has 0 radical (unpaired) electrons. The second-order valence-corrected chi connectivity index (χ2v) is 16.7. The maximum atomic E-state index is 12.4. The summed E-state index contributed by atoms with van der Waals surface area (Å²) in [4.78, 5) is 0. The maximum absolute atomic E-state index is 12.4. The molecule has 0 aromatic carbocycles. The number of furan rings is 7. The summed E-state index contributed by atoms with van der Waals surface area (Å²) in [5.41, 5.74) is 7.03.